The molecule has 1 atom stereocenters. The molecule has 2 heterocycles. The predicted molar refractivity (Wildman–Crippen MR) is 114 cm³/mol. The van der Waals surface area contributed by atoms with Gasteiger partial charge < -0.3 is 0 Å². The second-order valence-corrected chi connectivity index (χ2v) is 9.10. The topological polar surface area (TPSA) is 76.0 Å². The van der Waals surface area contributed by atoms with E-state index in [2.05, 4.69) is 22.9 Å². The number of aromatic nitrogens is 2. The number of nitrogens with one attached hydrogen (secondary N) is 2. The molecule has 0 bridgehead atoms. The van der Waals surface area contributed by atoms with E-state index in [1.54, 1.807) is 18.2 Å². The van der Waals surface area contributed by atoms with Gasteiger partial charge in [0.15, 0.2) is 5.69 Å². The van der Waals surface area contributed by atoms with Gasteiger partial charge in [-0.3, -0.25) is 20.4 Å². The largest absolute Gasteiger partial charge is 0.434 e. The molecule has 3 aromatic rings. The number of fused-ring (bicyclic) bond motifs is 1. The third-order valence-electron chi connectivity index (χ3n) is 5.40. The molecule has 0 saturated carbocycles. The second-order valence-electron chi connectivity index (χ2n) is 7.97. The molecule has 0 radical (unpaired) electrons. The lowest BCUT2D eigenvalue weighted by atomic mass is 9.90. The number of thiophene rings is 1. The Kier molecular flexibility index (Phi) is 5.81. The maximum atomic E-state index is 13.8. The van der Waals surface area contributed by atoms with Crippen LogP contribution in [0.15, 0.2) is 36.5 Å². The fourth-order valence-electron chi connectivity index (χ4n) is 3.73. The Balaban J connectivity index is 1.52. The number of carbonyl (C=O) groups is 2. The molecule has 0 fully saturated rings. The van der Waals surface area contributed by atoms with E-state index in [9.17, 15) is 22.8 Å². The highest BCUT2D eigenvalue weighted by Gasteiger charge is 2.40. The standard InChI is InChI=1S/C22H21F3N4O2S/c1-12-3-6-15(7-4-12)29-19(22(23,24)25)16(11-26-29)20(30)27-28-21(31)18-10-14-9-13(2)5-8-17(14)32-18/h3-4,6-7,10-11,13H,5,8-9H2,1-2H3,(H,27,30)(H,28,31). The fraction of sp³-hybridized carbons (Fsp3) is 0.318. The fourth-order valence-corrected chi connectivity index (χ4v) is 4.83. The smallest absolute Gasteiger partial charge is 0.267 e. The van der Waals surface area contributed by atoms with E-state index in [-0.39, 0.29) is 5.69 Å². The van der Waals surface area contributed by atoms with Crippen molar-refractivity contribution in [3.63, 3.8) is 0 Å². The number of rotatable bonds is 3. The third kappa shape index (κ3) is 4.40. The first-order valence-corrected chi connectivity index (χ1v) is 10.9. The van der Waals surface area contributed by atoms with Crippen LogP contribution in [0.25, 0.3) is 5.69 Å². The molecule has 1 aliphatic carbocycles. The number of aryl methyl sites for hydroxylation is 2. The van der Waals surface area contributed by atoms with Gasteiger partial charge in [-0.25, -0.2) is 4.68 Å². The monoisotopic (exact) mass is 462 g/mol. The Hall–Kier alpha value is -3.14. The number of carbonyl (C=O) groups excluding carboxylic acids is 2. The van der Waals surface area contributed by atoms with Gasteiger partial charge in [-0.2, -0.15) is 18.3 Å². The lowest BCUT2D eigenvalue weighted by Gasteiger charge is -2.16. The molecule has 2 amide bonds. The Morgan fingerprint density at radius 1 is 1.16 bits per heavy atom. The minimum atomic E-state index is -4.83. The van der Waals surface area contributed by atoms with E-state index < -0.39 is 29.2 Å². The quantitative estimate of drug-likeness (QED) is 0.565. The van der Waals surface area contributed by atoms with Crippen molar-refractivity contribution in [2.24, 2.45) is 5.92 Å². The highest BCUT2D eigenvalue weighted by molar-refractivity contribution is 7.14. The average molecular weight is 462 g/mol. The van der Waals surface area contributed by atoms with Crippen molar-refractivity contribution in [2.75, 3.05) is 0 Å². The van der Waals surface area contributed by atoms with Gasteiger partial charge >= 0.3 is 6.18 Å². The van der Waals surface area contributed by atoms with Crippen molar-refractivity contribution in [1.29, 1.82) is 0 Å². The molecule has 10 heteroatoms. The molecule has 0 spiro atoms. The first-order chi connectivity index (χ1) is 15.1. The van der Waals surface area contributed by atoms with E-state index in [1.165, 1.54) is 23.5 Å². The number of amides is 2. The van der Waals surface area contributed by atoms with E-state index in [1.807, 2.05) is 6.92 Å². The van der Waals surface area contributed by atoms with Crippen molar-refractivity contribution in [3.05, 3.63) is 68.7 Å². The van der Waals surface area contributed by atoms with Gasteiger partial charge in [0.1, 0.15) is 0 Å². The molecular formula is C22H21F3N4O2S. The molecule has 1 aliphatic rings. The van der Waals surface area contributed by atoms with Crippen LogP contribution in [0, 0.1) is 12.8 Å². The van der Waals surface area contributed by atoms with Crippen molar-refractivity contribution in [2.45, 2.75) is 39.3 Å². The Morgan fingerprint density at radius 2 is 1.84 bits per heavy atom. The number of alkyl halides is 3. The van der Waals surface area contributed by atoms with E-state index >= 15 is 0 Å². The average Bonchev–Trinajstić information content (AvgIpc) is 3.36. The summed E-state index contributed by atoms with van der Waals surface area (Å²) < 4.78 is 42.0. The lowest BCUT2D eigenvalue weighted by Crippen LogP contribution is -2.42. The molecule has 1 aromatic carbocycles. The molecular weight excluding hydrogens is 441 g/mol. The third-order valence-corrected chi connectivity index (χ3v) is 6.64. The minimum Gasteiger partial charge on any atom is -0.267 e. The van der Waals surface area contributed by atoms with Crippen LogP contribution in [0.5, 0.6) is 0 Å². The van der Waals surface area contributed by atoms with Gasteiger partial charge in [0, 0.05) is 4.88 Å². The zero-order chi connectivity index (χ0) is 23.0. The van der Waals surface area contributed by atoms with Crippen molar-refractivity contribution >= 4 is 23.2 Å². The van der Waals surface area contributed by atoms with Crippen LogP contribution >= 0.6 is 11.3 Å². The zero-order valence-corrected chi connectivity index (χ0v) is 18.2. The number of benzene rings is 1. The Morgan fingerprint density at radius 3 is 2.53 bits per heavy atom. The summed E-state index contributed by atoms with van der Waals surface area (Å²) in [6, 6.07) is 8.06. The molecule has 168 valence electrons. The number of nitrogens with zero attached hydrogens (tertiary/aromatic N) is 2. The van der Waals surface area contributed by atoms with Crippen LogP contribution in [0.3, 0.4) is 0 Å². The molecule has 4 rings (SSSR count). The zero-order valence-electron chi connectivity index (χ0n) is 17.4. The van der Waals surface area contributed by atoms with Crippen LogP contribution < -0.4 is 10.9 Å². The summed E-state index contributed by atoms with van der Waals surface area (Å²) in [7, 11) is 0. The van der Waals surface area contributed by atoms with Crippen molar-refractivity contribution < 1.29 is 22.8 Å². The SMILES string of the molecule is Cc1ccc(-n2ncc(C(=O)NNC(=O)c3cc4c(s3)CCC(C)C4)c2C(F)(F)F)cc1. The number of hydrogen-bond donors (Lipinski definition) is 2. The van der Waals surface area contributed by atoms with Gasteiger partial charge in [-0.05, 0) is 55.9 Å². The van der Waals surface area contributed by atoms with Gasteiger partial charge in [0.25, 0.3) is 11.8 Å². The van der Waals surface area contributed by atoms with Gasteiger partial charge in [-0.1, -0.05) is 24.6 Å². The van der Waals surface area contributed by atoms with Crippen LogP contribution in [0.2, 0.25) is 0 Å². The summed E-state index contributed by atoms with van der Waals surface area (Å²) in [6.07, 6.45) is -1.15. The van der Waals surface area contributed by atoms with Crippen LogP contribution in [-0.4, -0.2) is 21.6 Å². The molecule has 6 nitrogen and oxygen atoms in total. The number of hydrazine groups is 1. The van der Waals surface area contributed by atoms with Crippen molar-refractivity contribution in [3.8, 4) is 5.69 Å². The summed E-state index contributed by atoms with van der Waals surface area (Å²) >= 11 is 1.34. The van der Waals surface area contributed by atoms with Gasteiger partial charge in [0.05, 0.1) is 22.3 Å². The van der Waals surface area contributed by atoms with E-state index in [0.717, 1.165) is 41.5 Å². The maximum absolute atomic E-state index is 13.8. The van der Waals surface area contributed by atoms with Crippen LogP contribution in [0.1, 0.15) is 55.1 Å². The lowest BCUT2D eigenvalue weighted by molar-refractivity contribution is -0.143. The molecule has 2 N–H and O–H groups in total. The second kappa shape index (κ2) is 8.42. The molecule has 2 aromatic heterocycles. The van der Waals surface area contributed by atoms with Crippen molar-refractivity contribution in [1.82, 2.24) is 20.6 Å². The Bertz CT molecular complexity index is 1170. The molecule has 0 aliphatic heterocycles. The normalized spacial score (nSPS) is 15.8. The highest BCUT2D eigenvalue weighted by Crippen LogP contribution is 2.34. The summed E-state index contributed by atoms with van der Waals surface area (Å²) in [5.41, 5.74) is 4.57. The number of hydrogen-bond acceptors (Lipinski definition) is 4. The summed E-state index contributed by atoms with van der Waals surface area (Å²) in [5, 5.41) is 3.77. The molecule has 32 heavy (non-hydrogen) atoms. The van der Waals surface area contributed by atoms with Gasteiger partial charge in [-0.15, -0.1) is 11.3 Å². The number of halogens is 3. The van der Waals surface area contributed by atoms with Crippen LogP contribution in [-0.2, 0) is 19.0 Å². The summed E-state index contributed by atoms with van der Waals surface area (Å²) in [4.78, 5) is 26.5. The predicted octanol–water partition coefficient (Wildman–Crippen LogP) is 4.46. The molecule has 1 unspecified atom stereocenters. The maximum Gasteiger partial charge on any atom is 0.434 e. The van der Waals surface area contributed by atoms with Gasteiger partial charge in [0.2, 0.25) is 0 Å². The van der Waals surface area contributed by atoms with E-state index in [0.29, 0.717) is 15.5 Å². The minimum absolute atomic E-state index is 0.171. The summed E-state index contributed by atoms with van der Waals surface area (Å²) in [6.45, 7) is 3.96. The molecule has 0 saturated heterocycles. The summed E-state index contributed by atoms with van der Waals surface area (Å²) in [5.74, 6) is -1.12. The van der Waals surface area contributed by atoms with E-state index in [4.69, 9.17) is 0 Å². The van der Waals surface area contributed by atoms with Crippen LogP contribution in [0.4, 0.5) is 13.2 Å². The first-order valence-electron chi connectivity index (χ1n) is 10.1. The highest BCUT2D eigenvalue weighted by atomic mass is 32.1. The first kappa shape index (κ1) is 22.1. The Labute approximate surface area is 186 Å².